The number of anilines is 1. The third-order valence-corrected chi connectivity index (χ3v) is 1.20. The summed E-state index contributed by atoms with van der Waals surface area (Å²) >= 11 is 0. The van der Waals surface area contributed by atoms with Gasteiger partial charge in [-0.05, 0) is 6.92 Å². The molecule has 0 amide bonds. The third kappa shape index (κ3) is 1.36. The number of methoxy groups -OCH3 is 1. The molecule has 5 heteroatoms. The highest BCUT2D eigenvalue weighted by atomic mass is 19.1. The van der Waals surface area contributed by atoms with E-state index in [1.807, 2.05) is 0 Å². The predicted octanol–water partition coefficient (Wildman–Crippen LogP) is 0.515. The molecule has 0 aliphatic rings. The van der Waals surface area contributed by atoms with Crippen LogP contribution in [0.2, 0.25) is 0 Å². The molecule has 1 rings (SSSR count). The summed E-state index contributed by atoms with van der Waals surface area (Å²) in [5, 5.41) is 0. The summed E-state index contributed by atoms with van der Waals surface area (Å²) in [5.41, 5.74) is 5.42. The van der Waals surface area contributed by atoms with Crippen molar-refractivity contribution in [3.8, 4) is 5.88 Å². The van der Waals surface area contributed by atoms with Crippen molar-refractivity contribution >= 4 is 5.95 Å². The van der Waals surface area contributed by atoms with E-state index in [0.717, 1.165) is 0 Å². The Morgan fingerprint density at radius 3 is 2.64 bits per heavy atom. The van der Waals surface area contributed by atoms with Crippen molar-refractivity contribution in [3.63, 3.8) is 0 Å². The van der Waals surface area contributed by atoms with Crippen LogP contribution in [0.25, 0.3) is 0 Å². The Labute approximate surface area is 63.2 Å². The molecule has 0 atom stereocenters. The maximum atomic E-state index is 12.9. The van der Waals surface area contributed by atoms with E-state index in [0.29, 0.717) is 0 Å². The van der Waals surface area contributed by atoms with E-state index in [-0.39, 0.29) is 17.5 Å². The molecule has 0 aliphatic carbocycles. The van der Waals surface area contributed by atoms with Crippen molar-refractivity contribution < 1.29 is 9.13 Å². The number of aryl methyl sites for hydroxylation is 1. The molecular weight excluding hydrogens is 149 g/mol. The lowest BCUT2D eigenvalue weighted by Crippen LogP contribution is -2.02. The van der Waals surface area contributed by atoms with Crippen molar-refractivity contribution in [2.75, 3.05) is 12.8 Å². The highest BCUT2D eigenvalue weighted by Gasteiger charge is 2.09. The number of ether oxygens (including phenoxy) is 1. The van der Waals surface area contributed by atoms with Gasteiger partial charge < -0.3 is 10.5 Å². The minimum absolute atomic E-state index is 0.0146. The molecule has 0 radical (unpaired) electrons. The van der Waals surface area contributed by atoms with Crippen molar-refractivity contribution in [1.29, 1.82) is 0 Å². The highest BCUT2D eigenvalue weighted by molar-refractivity contribution is 5.27. The molecule has 0 saturated heterocycles. The SMILES string of the molecule is COc1nc(N)nc(C)c1F. The van der Waals surface area contributed by atoms with Crippen LogP contribution in [0.1, 0.15) is 5.69 Å². The normalized spacial score (nSPS) is 9.73. The van der Waals surface area contributed by atoms with Gasteiger partial charge in [-0.2, -0.15) is 9.37 Å². The van der Waals surface area contributed by atoms with Gasteiger partial charge in [-0.3, -0.25) is 0 Å². The average molecular weight is 157 g/mol. The number of hydrogen-bond donors (Lipinski definition) is 1. The summed E-state index contributed by atoms with van der Waals surface area (Å²) < 4.78 is 17.5. The van der Waals surface area contributed by atoms with E-state index in [2.05, 4.69) is 14.7 Å². The molecular formula is C6H8FN3O. The number of nitrogens with zero attached hydrogens (tertiary/aromatic N) is 2. The molecule has 60 valence electrons. The number of aromatic nitrogens is 2. The summed E-state index contributed by atoms with van der Waals surface area (Å²) in [4.78, 5) is 7.11. The summed E-state index contributed by atoms with van der Waals surface area (Å²) in [6.45, 7) is 1.50. The fourth-order valence-electron chi connectivity index (χ4n) is 0.689. The first kappa shape index (κ1) is 7.71. The van der Waals surface area contributed by atoms with Crippen LogP contribution in [0.15, 0.2) is 0 Å². The molecule has 0 aromatic carbocycles. The van der Waals surface area contributed by atoms with Gasteiger partial charge in [-0.1, -0.05) is 0 Å². The Balaban J connectivity index is 3.24. The zero-order chi connectivity index (χ0) is 8.43. The van der Waals surface area contributed by atoms with E-state index in [1.165, 1.54) is 14.0 Å². The molecule has 0 spiro atoms. The molecule has 4 nitrogen and oxygen atoms in total. The first-order valence-electron chi connectivity index (χ1n) is 2.98. The fourth-order valence-corrected chi connectivity index (χ4v) is 0.689. The lowest BCUT2D eigenvalue weighted by molar-refractivity contribution is 0.366. The van der Waals surface area contributed by atoms with Crippen LogP contribution >= 0.6 is 0 Å². The maximum Gasteiger partial charge on any atom is 0.255 e. The molecule has 1 heterocycles. The van der Waals surface area contributed by atoms with Gasteiger partial charge in [0.2, 0.25) is 11.8 Å². The van der Waals surface area contributed by atoms with Crippen molar-refractivity contribution in [2.24, 2.45) is 0 Å². The van der Waals surface area contributed by atoms with Gasteiger partial charge in [0.1, 0.15) is 0 Å². The monoisotopic (exact) mass is 157 g/mol. The standard InChI is InChI=1S/C6H8FN3O/c1-3-4(7)5(11-2)10-6(8)9-3/h1-2H3,(H2,8,9,10). The second-order valence-corrected chi connectivity index (χ2v) is 1.99. The lowest BCUT2D eigenvalue weighted by atomic mass is 10.4. The van der Waals surface area contributed by atoms with Gasteiger partial charge >= 0.3 is 0 Å². The van der Waals surface area contributed by atoms with Crippen LogP contribution in [0.4, 0.5) is 10.3 Å². The summed E-state index contributed by atoms with van der Waals surface area (Å²) in [6.07, 6.45) is 0. The van der Waals surface area contributed by atoms with Gasteiger partial charge in [0.25, 0.3) is 5.88 Å². The van der Waals surface area contributed by atoms with Crippen LogP contribution in [-0.2, 0) is 0 Å². The van der Waals surface area contributed by atoms with E-state index < -0.39 is 5.82 Å². The molecule has 0 aliphatic heterocycles. The quantitative estimate of drug-likeness (QED) is 0.645. The number of hydrogen-bond acceptors (Lipinski definition) is 4. The maximum absolute atomic E-state index is 12.9. The zero-order valence-corrected chi connectivity index (χ0v) is 6.26. The Bertz CT molecular complexity index is 277. The number of nitrogen functional groups attached to an aromatic ring is 1. The molecule has 1 aromatic heterocycles. The smallest absolute Gasteiger partial charge is 0.255 e. The molecule has 0 unspecified atom stereocenters. The zero-order valence-electron chi connectivity index (χ0n) is 6.26. The predicted molar refractivity (Wildman–Crippen MR) is 37.7 cm³/mol. The topological polar surface area (TPSA) is 61.0 Å². The van der Waals surface area contributed by atoms with Crippen LogP contribution in [0, 0.1) is 12.7 Å². The van der Waals surface area contributed by atoms with Crippen LogP contribution in [-0.4, -0.2) is 17.1 Å². The second kappa shape index (κ2) is 2.69. The fraction of sp³-hybridized carbons (Fsp3) is 0.333. The molecule has 11 heavy (non-hydrogen) atoms. The van der Waals surface area contributed by atoms with Gasteiger partial charge in [0.15, 0.2) is 0 Å². The van der Waals surface area contributed by atoms with Crippen LogP contribution in [0.5, 0.6) is 5.88 Å². The Morgan fingerprint density at radius 1 is 1.45 bits per heavy atom. The van der Waals surface area contributed by atoms with Gasteiger partial charge in [-0.15, -0.1) is 0 Å². The van der Waals surface area contributed by atoms with E-state index in [4.69, 9.17) is 5.73 Å². The van der Waals surface area contributed by atoms with E-state index >= 15 is 0 Å². The summed E-state index contributed by atoms with van der Waals surface area (Å²) in [5.74, 6) is -0.669. The van der Waals surface area contributed by atoms with E-state index in [9.17, 15) is 4.39 Å². The first-order chi connectivity index (χ1) is 5.15. The lowest BCUT2D eigenvalue weighted by Gasteiger charge is -2.02. The highest BCUT2D eigenvalue weighted by Crippen LogP contribution is 2.15. The van der Waals surface area contributed by atoms with Crippen molar-refractivity contribution in [1.82, 2.24) is 9.97 Å². The summed E-state index contributed by atoms with van der Waals surface area (Å²) in [6, 6.07) is 0. The van der Waals surface area contributed by atoms with Crippen molar-refractivity contribution in [2.45, 2.75) is 6.92 Å². The van der Waals surface area contributed by atoms with Gasteiger partial charge in [-0.25, -0.2) is 4.98 Å². The number of halogens is 1. The van der Waals surface area contributed by atoms with Gasteiger partial charge in [0, 0.05) is 0 Å². The Hall–Kier alpha value is -1.39. The number of rotatable bonds is 1. The molecule has 2 N–H and O–H groups in total. The Kier molecular flexibility index (Phi) is 1.89. The molecule has 0 fully saturated rings. The molecule has 0 saturated carbocycles. The second-order valence-electron chi connectivity index (χ2n) is 1.99. The van der Waals surface area contributed by atoms with Gasteiger partial charge in [0.05, 0.1) is 12.8 Å². The minimum atomic E-state index is -0.568. The largest absolute Gasteiger partial charge is 0.479 e. The summed E-state index contributed by atoms with van der Waals surface area (Å²) in [7, 11) is 1.32. The average Bonchev–Trinajstić information content (AvgIpc) is 1.96. The number of nitrogens with two attached hydrogens (primary N) is 1. The third-order valence-electron chi connectivity index (χ3n) is 1.20. The minimum Gasteiger partial charge on any atom is -0.479 e. The first-order valence-corrected chi connectivity index (χ1v) is 2.98. The van der Waals surface area contributed by atoms with E-state index in [1.54, 1.807) is 0 Å². The molecule has 0 bridgehead atoms. The molecule has 1 aromatic rings. The van der Waals surface area contributed by atoms with Crippen LogP contribution < -0.4 is 10.5 Å². The Morgan fingerprint density at radius 2 is 2.09 bits per heavy atom. The van der Waals surface area contributed by atoms with Crippen LogP contribution in [0.3, 0.4) is 0 Å². The van der Waals surface area contributed by atoms with Crippen molar-refractivity contribution in [3.05, 3.63) is 11.5 Å².